The Morgan fingerprint density at radius 3 is 2.47 bits per heavy atom. The number of rotatable bonds is 7. The molecule has 2 aromatic carbocycles. The highest BCUT2D eigenvalue weighted by atomic mass is 16.5. The summed E-state index contributed by atoms with van der Waals surface area (Å²) < 4.78 is 7.43. The molecule has 0 saturated carbocycles. The van der Waals surface area contributed by atoms with Gasteiger partial charge in [0.15, 0.2) is 0 Å². The number of aliphatic hydroxyl groups excluding tert-OH is 1. The van der Waals surface area contributed by atoms with Gasteiger partial charge in [-0.1, -0.05) is 44.2 Å². The van der Waals surface area contributed by atoms with Gasteiger partial charge in [-0.25, -0.2) is 0 Å². The van der Waals surface area contributed by atoms with E-state index in [4.69, 9.17) is 4.74 Å². The Balaban J connectivity index is 2.15. The second kappa shape index (κ2) is 8.92. The molecule has 0 aliphatic carbocycles. The molecular weight excluding hydrogens is 378 g/mol. The van der Waals surface area contributed by atoms with Crippen LogP contribution in [0.5, 0.6) is 5.75 Å². The maximum absolute atomic E-state index is 12.7. The Morgan fingerprint density at radius 2 is 1.83 bits per heavy atom. The Hall–Kier alpha value is -2.79. The number of hydrogen-bond donors (Lipinski definition) is 2. The molecule has 0 spiro atoms. The number of ether oxygens (including phenoxy) is 1. The molecule has 3 rings (SSSR count). The van der Waals surface area contributed by atoms with Crippen LogP contribution in [0.15, 0.2) is 42.5 Å². The molecular formula is C25H31NO4. The zero-order valence-corrected chi connectivity index (χ0v) is 18.3. The van der Waals surface area contributed by atoms with Crippen LogP contribution in [-0.2, 0) is 16.1 Å². The molecule has 0 saturated heterocycles. The van der Waals surface area contributed by atoms with Gasteiger partial charge in [0.1, 0.15) is 11.7 Å². The van der Waals surface area contributed by atoms with Crippen LogP contribution in [0.1, 0.15) is 61.9 Å². The van der Waals surface area contributed by atoms with Crippen molar-refractivity contribution in [1.82, 2.24) is 4.57 Å². The number of esters is 1. The second-order valence-electron chi connectivity index (χ2n) is 8.12. The van der Waals surface area contributed by atoms with Crippen molar-refractivity contribution in [3.63, 3.8) is 0 Å². The molecule has 0 bridgehead atoms. The predicted octanol–water partition coefficient (Wildman–Crippen LogP) is 4.85. The highest BCUT2D eigenvalue weighted by Crippen LogP contribution is 2.35. The van der Waals surface area contributed by atoms with Crippen LogP contribution in [-0.4, -0.2) is 33.5 Å². The Morgan fingerprint density at radius 1 is 1.13 bits per heavy atom. The molecule has 0 aliphatic rings. The third-order valence-electron chi connectivity index (χ3n) is 5.67. The van der Waals surface area contributed by atoms with E-state index in [-0.39, 0.29) is 12.5 Å². The molecule has 0 amide bonds. The standard InChI is InChI=1S/C25H31NO4/c1-6-30-25(29)24(17(5)27)23-16(4)26(21-10-8-7-9-19(21)23)14-18-11-12-22(28)20(13-18)15(2)3/h7-13,15,17,24,27-28H,6,14H2,1-5H3. The Labute approximate surface area is 177 Å². The summed E-state index contributed by atoms with van der Waals surface area (Å²) in [5.41, 5.74) is 4.71. The van der Waals surface area contributed by atoms with Gasteiger partial charge < -0.3 is 19.5 Å². The topological polar surface area (TPSA) is 71.7 Å². The average Bonchev–Trinajstić information content (AvgIpc) is 2.95. The minimum atomic E-state index is -0.872. The number of phenolic OH excluding ortho intramolecular Hbond substituents is 1. The molecule has 0 radical (unpaired) electrons. The molecule has 2 atom stereocenters. The fraction of sp³-hybridized carbons (Fsp3) is 0.400. The Bertz CT molecular complexity index is 1050. The molecule has 30 heavy (non-hydrogen) atoms. The summed E-state index contributed by atoms with van der Waals surface area (Å²) in [4.78, 5) is 12.7. The predicted molar refractivity (Wildman–Crippen MR) is 119 cm³/mol. The monoisotopic (exact) mass is 409 g/mol. The van der Waals surface area contributed by atoms with Crippen molar-refractivity contribution in [2.24, 2.45) is 0 Å². The van der Waals surface area contributed by atoms with Crippen molar-refractivity contribution in [2.45, 2.75) is 59.1 Å². The molecule has 1 aromatic heterocycles. The highest BCUT2D eigenvalue weighted by molar-refractivity contribution is 5.92. The van der Waals surface area contributed by atoms with Gasteiger partial charge in [-0.05, 0) is 55.5 Å². The fourth-order valence-electron chi connectivity index (χ4n) is 4.19. The number of carbonyl (C=O) groups is 1. The summed E-state index contributed by atoms with van der Waals surface area (Å²) in [5.74, 6) is -0.640. The van der Waals surface area contributed by atoms with E-state index < -0.39 is 18.0 Å². The first kappa shape index (κ1) is 21.9. The van der Waals surface area contributed by atoms with Crippen molar-refractivity contribution in [3.05, 3.63) is 64.8 Å². The minimum absolute atomic E-state index is 0.214. The number of aliphatic hydroxyl groups is 1. The highest BCUT2D eigenvalue weighted by Gasteiger charge is 2.32. The fourth-order valence-corrected chi connectivity index (χ4v) is 4.19. The molecule has 0 fully saturated rings. The molecule has 160 valence electrons. The second-order valence-corrected chi connectivity index (χ2v) is 8.12. The van der Waals surface area contributed by atoms with Crippen molar-refractivity contribution < 1.29 is 19.7 Å². The molecule has 2 N–H and O–H groups in total. The lowest BCUT2D eigenvalue weighted by molar-refractivity contribution is -0.147. The van der Waals surface area contributed by atoms with Gasteiger partial charge in [-0.15, -0.1) is 0 Å². The van der Waals surface area contributed by atoms with Crippen LogP contribution in [0.3, 0.4) is 0 Å². The van der Waals surface area contributed by atoms with Crippen LogP contribution < -0.4 is 0 Å². The van der Waals surface area contributed by atoms with Gasteiger partial charge >= 0.3 is 5.97 Å². The summed E-state index contributed by atoms with van der Waals surface area (Å²) >= 11 is 0. The number of para-hydroxylation sites is 1. The molecule has 1 heterocycles. The van der Waals surface area contributed by atoms with Gasteiger partial charge in [0.25, 0.3) is 0 Å². The van der Waals surface area contributed by atoms with E-state index in [0.29, 0.717) is 12.3 Å². The number of hydrogen-bond acceptors (Lipinski definition) is 4. The van der Waals surface area contributed by atoms with Gasteiger partial charge in [0.2, 0.25) is 0 Å². The number of aromatic nitrogens is 1. The number of fused-ring (bicyclic) bond motifs is 1. The summed E-state index contributed by atoms with van der Waals surface area (Å²) in [6.45, 7) is 10.4. The van der Waals surface area contributed by atoms with Gasteiger partial charge in [-0.2, -0.15) is 0 Å². The first-order chi connectivity index (χ1) is 14.3. The lowest BCUT2D eigenvalue weighted by Gasteiger charge is -2.19. The number of nitrogens with zero attached hydrogens (tertiary/aromatic N) is 1. The largest absolute Gasteiger partial charge is 0.508 e. The van der Waals surface area contributed by atoms with Crippen LogP contribution in [0.4, 0.5) is 0 Å². The van der Waals surface area contributed by atoms with E-state index in [2.05, 4.69) is 18.4 Å². The minimum Gasteiger partial charge on any atom is -0.508 e. The van der Waals surface area contributed by atoms with Gasteiger partial charge in [0, 0.05) is 23.1 Å². The SMILES string of the molecule is CCOC(=O)C(c1c(C)n(Cc2ccc(O)c(C(C)C)c2)c2ccccc12)C(C)O. The van der Waals surface area contributed by atoms with Gasteiger partial charge in [-0.3, -0.25) is 4.79 Å². The van der Waals surface area contributed by atoms with Crippen molar-refractivity contribution in [3.8, 4) is 5.75 Å². The zero-order valence-electron chi connectivity index (χ0n) is 18.3. The lowest BCUT2D eigenvalue weighted by Crippen LogP contribution is -2.26. The van der Waals surface area contributed by atoms with Crippen molar-refractivity contribution >= 4 is 16.9 Å². The normalized spacial score (nSPS) is 13.6. The first-order valence-corrected chi connectivity index (χ1v) is 10.5. The van der Waals surface area contributed by atoms with Crippen LogP contribution >= 0.6 is 0 Å². The van der Waals surface area contributed by atoms with Crippen LogP contribution in [0, 0.1) is 6.92 Å². The third kappa shape index (κ3) is 4.08. The van der Waals surface area contributed by atoms with E-state index in [1.165, 1.54) is 0 Å². The molecule has 5 nitrogen and oxygen atoms in total. The number of aromatic hydroxyl groups is 1. The number of carbonyl (C=O) groups excluding carboxylic acids is 1. The number of benzene rings is 2. The molecule has 0 aliphatic heterocycles. The molecule has 3 aromatic rings. The van der Waals surface area contributed by atoms with Crippen molar-refractivity contribution in [1.29, 1.82) is 0 Å². The third-order valence-corrected chi connectivity index (χ3v) is 5.67. The quantitative estimate of drug-likeness (QED) is 0.547. The van der Waals surface area contributed by atoms with E-state index in [1.807, 2.05) is 43.3 Å². The molecule has 2 unspecified atom stereocenters. The molecule has 5 heteroatoms. The maximum atomic E-state index is 12.7. The summed E-state index contributed by atoms with van der Waals surface area (Å²) in [6.07, 6.45) is -0.872. The zero-order chi connectivity index (χ0) is 22.0. The van der Waals surface area contributed by atoms with E-state index >= 15 is 0 Å². The van der Waals surface area contributed by atoms with Crippen LogP contribution in [0.25, 0.3) is 10.9 Å². The van der Waals surface area contributed by atoms with E-state index in [1.54, 1.807) is 19.9 Å². The maximum Gasteiger partial charge on any atom is 0.316 e. The number of phenols is 1. The first-order valence-electron chi connectivity index (χ1n) is 10.5. The Kier molecular flexibility index (Phi) is 6.52. The summed E-state index contributed by atoms with van der Waals surface area (Å²) in [6, 6.07) is 13.6. The van der Waals surface area contributed by atoms with Crippen LogP contribution in [0.2, 0.25) is 0 Å². The smallest absolute Gasteiger partial charge is 0.316 e. The lowest BCUT2D eigenvalue weighted by atomic mass is 9.92. The van der Waals surface area contributed by atoms with E-state index in [9.17, 15) is 15.0 Å². The summed E-state index contributed by atoms with van der Waals surface area (Å²) in [7, 11) is 0. The van der Waals surface area contributed by atoms with Crippen molar-refractivity contribution in [2.75, 3.05) is 6.61 Å². The van der Waals surface area contributed by atoms with Gasteiger partial charge in [0.05, 0.1) is 12.7 Å². The average molecular weight is 410 g/mol. The summed E-state index contributed by atoms with van der Waals surface area (Å²) in [5, 5.41) is 21.5. The van der Waals surface area contributed by atoms with E-state index in [0.717, 1.165) is 33.3 Å².